The van der Waals surface area contributed by atoms with Crippen LogP contribution < -0.4 is 0 Å². The lowest BCUT2D eigenvalue weighted by atomic mass is 10.2. The molecule has 0 fully saturated rings. The first-order chi connectivity index (χ1) is 9.15. The summed E-state index contributed by atoms with van der Waals surface area (Å²) >= 11 is 0. The summed E-state index contributed by atoms with van der Waals surface area (Å²) in [7, 11) is 0. The molecule has 4 nitrogen and oxygen atoms in total. The van der Waals surface area contributed by atoms with Gasteiger partial charge in [-0.1, -0.05) is 0 Å². The van der Waals surface area contributed by atoms with E-state index in [0.29, 0.717) is 11.3 Å². The van der Waals surface area contributed by atoms with Crippen LogP contribution in [0, 0.1) is 6.92 Å². The largest absolute Gasteiger partial charge is 0.282 e. The maximum atomic E-state index is 12.7. The van der Waals surface area contributed by atoms with Crippen molar-refractivity contribution in [3.05, 3.63) is 48.0 Å². The smallest absolute Gasteiger partial charge is 0.262 e. The van der Waals surface area contributed by atoms with E-state index in [1.54, 1.807) is 18.5 Å². The number of hydrogen-bond acceptors (Lipinski definition) is 3. The number of aromatic nitrogens is 4. The van der Waals surface area contributed by atoms with E-state index in [4.69, 9.17) is 0 Å². The molecule has 3 rings (SSSR count). The maximum absolute atomic E-state index is 12.7. The average molecular weight is 260 g/mol. The van der Waals surface area contributed by atoms with Crippen LogP contribution in [0.25, 0.3) is 16.9 Å². The Balaban J connectivity index is 2.21. The molecule has 96 valence electrons. The van der Waals surface area contributed by atoms with Gasteiger partial charge >= 0.3 is 0 Å². The first-order valence-electron chi connectivity index (χ1n) is 5.71. The van der Waals surface area contributed by atoms with Gasteiger partial charge in [-0.2, -0.15) is 5.10 Å². The molecule has 19 heavy (non-hydrogen) atoms. The van der Waals surface area contributed by atoms with E-state index in [1.165, 1.54) is 16.6 Å². The molecule has 3 aromatic heterocycles. The molecule has 0 unspecified atom stereocenters. The third-order valence-corrected chi connectivity index (χ3v) is 2.80. The number of aryl methyl sites for hydroxylation is 1. The van der Waals surface area contributed by atoms with Crippen molar-refractivity contribution in [2.24, 2.45) is 0 Å². The normalized spacial score (nSPS) is 11.4. The summed E-state index contributed by atoms with van der Waals surface area (Å²) in [6.45, 7) is 1.87. The molecule has 0 spiro atoms. The van der Waals surface area contributed by atoms with Gasteiger partial charge in [0.05, 0.1) is 11.9 Å². The molecule has 0 saturated carbocycles. The first kappa shape index (κ1) is 11.7. The summed E-state index contributed by atoms with van der Waals surface area (Å²) in [5.41, 5.74) is 2.63. The Bertz CT molecular complexity index is 736. The van der Waals surface area contributed by atoms with Gasteiger partial charge in [-0.3, -0.25) is 4.98 Å². The van der Waals surface area contributed by atoms with E-state index in [-0.39, 0.29) is 5.69 Å². The van der Waals surface area contributed by atoms with Crippen LogP contribution in [0.4, 0.5) is 8.78 Å². The maximum Gasteiger partial charge on any atom is 0.282 e. The molecule has 0 bridgehead atoms. The lowest BCUT2D eigenvalue weighted by Gasteiger charge is -2.04. The van der Waals surface area contributed by atoms with E-state index < -0.39 is 6.43 Å². The predicted octanol–water partition coefficient (Wildman–Crippen LogP) is 3.04. The summed E-state index contributed by atoms with van der Waals surface area (Å²) < 4.78 is 26.8. The van der Waals surface area contributed by atoms with Gasteiger partial charge < -0.3 is 0 Å². The van der Waals surface area contributed by atoms with Crippen LogP contribution in [-0.4, -0.2) is 19.6 Å². The molecule has 0 amide bonds. The SMILES string of the molecule is Cc1cc(-c2cnc3ccc(C(F)F)nn23)ccn1. The van der Waals surface area contributed by atoms with Crippen molar-refractivity contribution >= 4 is 5.65 Å². The van der Waals surface area contributed by atoms with E-state index in [1.807, 2.05) is 13.0 Å². The summed E-state index contributed by atoms with van der Waals surface area (Å²) in [4.78, 5) is 8.27. The molecule has 0 aliphatic carbocycles. The number of alkyl halides is 2. The van der Waals surface area contributed by atoms with Gasteiger partial charge in [0, 0.05) is 17.5 Å². The number of imidazole rings is 1. The number of halogens is 2. The number of pyridine rings is 1. The van der Waals surface area contributed by atoms with Gasteiger partial charge in [0.1, 0.15) is 5.69 Å². The molecule has 0 saturated heterocycles. The fourth-order valence-corrected chi connectivity index (χ4v) is 1.91. The van der Waals surface area contributed by atoms with Gasteiger partial charge in [0.15, 0.2) is 5.65 Å². The minimum Gasteiger partial charge on any atom is -0.262 e. The van der Waals surface area contributed by atoms with Crippen LogP contribution in [0.2, 0.25) is 0 Å². The number of hydrogen-bond donors (Lipinski definition) is 0. The Labute approximate surface area is 107 Å². The summed E-state index contributed by atoms with van der Waals surface area (Å²) in [5.74, 6) is 0. The second kappa shape index (κ2) is 4.38. The Morgan fingerprint density at radius 1 is 1.16 bits per heavy atom. The van der Waals surface area contributed by atoms with Crippen LogP contribution in [0.5, 0.6) is 0 Å². The highest BCUT2D eigenvalue weighted by Crippen LogP contribution is 2.22. The molecule has 0 aliphatic rings. The van der Waals surface area contributed by atoms with Gasteiger partial charge in [0.25, 0.3) is 6.43 Å². The summed E-state index contributed by atoms with van der Waals surface area (Å²) in [6, 6.07) is 6.48. The summed E-state index contributed by atoms with van der Waals surface area (Å²) in [6.07, 6.45) is 0.687. The van der Waals surface area contributed by atoms with Gasteiger partial charge in [-0.05, 0) is 31.2 Å². The highest BCUT2D eigenvalue weighted by Gasteiger charge is 2.13. The average Bonchev–Trinajstić information content (AvgIpc) is 2.81. The van der Waals surface area contributed by atoms with Crippen LogP contribution in [0.3, 0.4) is 0 Å². The van der Waals surface area contributed by atoms with Crippen molar-refractivity contribution < 1.29 is 8.78 Å². The van der Waals surface area contributed by atoms with Crippen LogP contribution in [0.1, 0.15) is 17.8 Å². The Kier molecular flexibility index (Phi) is 2.70. The minimum atomic E-state index is -2.60. The zero-order valence-corrected chi connectivity index (χ0v) is 10.1. The lowest BCUT2D eigenvalue weighted by Crippen LogP contribution is -2.00. The molecular formula is C13H10F2N4. The number of nitrogens with zero attached hydrogens (tertiary/aromatic N) is 4. The van der Waals surface area contributed by atoms with Gasteiger partial charge in [0.2, 0.25) is 0 Å². The molecule has 3 aromatic rings. The highest BCUT2D eigenvalue weighted by atomic mass is 19.3. The standard InChI is InChI=1S/C13H10F2N4/c1-8-6-9(4-5-16-8)11-7-17-12-3-2-10(13(14)15)18-19(11)12/h2-7,13H,1H3. The zero-order chi connectivity index (χ0) is 13.4. The van der Waals surface area contributed by atoms with Gasteiger partial charge in [-0.25, -0.2) is 18.3 Å². The fraction of sp³-hybridized carbons (Fsp3) is 0.154. The summed E-state index contributed by atoms with van der Waals surface area (Å²) in [5, 5.41) is 3.92. The van der Waals surface area contributed by atoms with E-state index in [0.717, 1.165) is 11.3 Å². The highest BCUT2D eigenvalue weighted by molar-refractivity contribution is 5.62. The second-order valence-electron chi connectivity index (χ2n) is 4.16. The first-order valence-corrected chi connectivity index (χ1v) is 5.71. The van der Waals surface area contributed by atoms with Crippen molar-refractivity contribution in [1.82, 2.24) is 19.6 Å². The van der Waals surface area contributed by atoms with E-state index >= 15 is 0 Å². The number of rotatable bonds is 2. The lowest BCUT2D eigenvalue weighted by molar-refractivity contribution is 0.144. The van der Waals surface area contributed by atoms with Gasteiger partial charge in [-0.15, -0.1) is 0 Å². The molecule has 3 heterocycles. The molecule has 0 N–H and O–H groups in total. The van der Waals surface area contributed by atoms with Crippen molar-refractivity contribution in [3.63, 3.8) is 0 Å². The Morgan fingerprint density at radius 3 is 2.74 bits per heavy atom. The third-order valence-electron chi connectivity index (χ3n) is 2.80. The molecule has 0 aliphatic heterocycles. The quantitative estimate of drug-likeness (QED) is 0.711. The van der Waals surface area contributed by atoms with Crippen LogP contribution in [-0.2, 0) is 0 Å². The number of fused-ring (bicyclic) bond motifs is 1. The molecular weight excluding hydrogens is 250 g/mol. The topological polar surface area (TPSA) is 43.1 Å². The Hall–Kier alpha value is -2.37. The zero-order valence-electron chi connectivity index (χ0n) is 10.1. The molecule has 6 heteroatoms. The Morgan fingerprint density at radius 2 is 2.00 bits per heavy atom. The van der Waals surface area contributed by atoms with Crippen molar-refractivity contribution in [2.45, 2.75) is 13.3 Å². The third kappa shape index (κ3) is 2.05. The van der Waals surface area contributed by atoms with Crippen LogP contribution in [0.15, 0.2) is 36.7 Å². The molecule has 0 aromatic carbocycles. The van der Waals surface area contributed by atoms with Crippen molar-refractivity contribution in [2.75, 3.05) is 0 Å². The molecule has 0 atom stereocenters. The van der Waals surface area contributed by atoms with E-state index in [2.05, 4.69) is 15.1 Å². The van der Waals surface area contributed by atoms with Crippen LogP contribution >= 0.6 is 0 Å². The second-order valence-corrected chi connectivity index (χ2v) is 4.16. The monoisotopic (exact) mass is 260 g/mol. The predicted molar refractivity (Wildman–Crippen MR) is 65.9 cm³/mol. The van der Waals surface area contributed by atoms with E-state index in [9.17, 15) is 8.78 Å². The van der Waals surface area contributed by atoms with Crippen molar-refractivity contribution in [3.8, 4) is 11.3 Å². The minimum absolute atomic E-state index is 0.266. The van der Waals surface area contributed by atoms with Crippen molar-refractivity contribution in [1.29, 1.82) is 0 Å². The molecule has 0 radical (unpaired) electrons. The fourth-order valence-electron chi connectivity index (χ4n) is 1.91.